The summed E-state index contributed by atoms with van der Waals surface area (Å²) in [5.74, 6) is 0. The van der Waals surface area contributed by atoms with Crippen molar-refractivity contribution in [2.75, 3.05) is 20.6 Å². The Morgan fingerprint density at radius 3 is 2.12 bits per heavy atom. The van der Waals surface area contributed by atoms with Gasteiger partial charge >= 0.3 is 6.18 Å². The van der Waals surface area contributed by atoms with Crippen molar-refractivity contribution in [3.8, 4) is 0 Å². The molecular formula is C12H16F3NO. The molecule has 1 rings (SSSR count). The smallest absolute Gasteiger partial charge is 0.391 e. The van der Waals surface area contributed by atoms with Crippen LogP contribution in [-0.2, 0) is 12.6 Å². The molecule has 5 heteroatoms. The highest BCUT2D eigenvalue weighted by molar-refractivity contribution is 5.25. The van der Waals surface area contributed by atoms with Gasteiger partial charge in [0.2, 0.25) is 0 Å². The minimum Gasteiger partial charge on any atom is -0.391 e. The van der Waals surface area contributed by atoms with Crippen molar-refractivity contribution in [3.05, 3.63) is 35.4 Å². The summed E-state index contributed by atoms with van der Waals surface area (Å²) in [5, 5.41) is 9.64. The van der Waals surface area contributed by atoms with E-state index in [1.807, 2.05) is 19.0 Å². The fourth-order valence-electron chi connectivity index (χ4n) is 1.59. The predicted octanol–water partition coefficient (Wildman–Crippen LogP) is 2.17. The molecule has 2 nitrogen and oxygen atoms in total. The van der Waals surface area contributed by atoms with E-state index in [1.165, 1.54) is 12.1 Å². The lowest BCUT2D eigenvalue weighted by Crippen LogP contribution is -2.27. The van der Waals surface area contributed by atoms with Crippen molar-refractivity contribution in [1.82, 2.24) is 4.90 Å². The molecule has 0 saturated carbocycles. The van der Waals surface area contributed by atoms with Gasteiger partial charge in [-0.25, -0.2) is 0 Å². The standard InChI is InChI=1S/C12H16F3NO/c1-16(2)8-11(17)7-9-3-5-10(6-4-9)12(13,14)15/h3-6,11,17H,7-8H2,1-2H3. The predicted molar refractivity (Wildman–Crippen MR) is 59.7 cm³/mol. The fourth-order valence-corrected chi connectivity index (χ4v) is 1.59. The van der Waals surface area contributed by atoms with Crippen LogP contribution in [0.5, 0.6) is 0 Å². The Morgan fingerprint density at radius 1 is 1.18 bits per heavy atom. The fraction of sp³-hybridized carbons (Fsp3) is 0.500. The first-order valence-corrected chi connectivity index (χ1v) is 5.28. The highest BCUT2D eigenvalue weighted by Gasteiger charge is 2.29. The van der Waals surface area contributed by atoms with E-state index in [2.05, 4.69) is 0 Å². The highest BCUT2D eigenvalue weighted by atomic mass is 19.4. The van der Waals surface area contributed by atoms with Crippen molar-refractivity contribution in [1.29, 1.82) is 0 Å². The average Bonchev–Trinajstić information content (AvgIpc) is 2.15. The Bertz CT molecular complexity index is 346. The van der Waals surface area contributed by atoms with Gasteiger partial charge in [-0.2, -0.15) is 13.2 Å². The second-order valence-corrected chi connectivity index (χ2v) is 4.31. The van der Waals surface area contributed by atoms with Gasteiger partial charge in [0.05, 0.1) is 11.7 Å². The molecule has 0 aliphatic heterocycles. The Hall–Kier alpha value is -1.07. The number of likely N-dealkylation sites (N-methyl/N-ethyl adjacent to an activating group) is 1. The number of hydrogen-bond acceptors (Lipinski definition) is 2. The highest BCUT2D eigenvalue weighted by Crippen LogP contribution is 2.29. The molecular weight excluding hydrogens is 231 g/mol. The zero-order valence-corrected chi connectivity index (χ0v) is 9.83. The second kappa shape index (κ2) is 5.51. The van der Waals surface area contributed by atoms with Gasteiger partial charge in [0, 0.05) is 6.54 Å². The molecule has 0 fully saturated rings. The Morgan fingerprint density at radius 2 is 1.71 bits per heavy atom. The summed E-state index contributed by atoms with van der Waals surface area (Å²) >= 11 is 0. The number of rotatable bonds is 4. The molecule has 0 saturated heterocycles. The third kappa shape index (κ3) is 4.75. The van der Waals surface area contributed by atoms with Crippen LogP contribution in [-0.4, -0.2) is 36.8 Å². The topological polar surface area (TPSA) is 23.5 Å². The van der Waals surface area contributed by atoms with Crippen molar-refractivity contribution in [3.63, 3.8) is 0 Å². The molecule has 1 aromatic carbocycles. The molecule has 0 bridgehead atoms. The molecule has 1 aromatic rings. The van der Waals surface area contributed by atoms with Crippen molar-refractivity contribution in [2.24, 2.45) is 0 Å². The Balaban J connectivity index is 2.63. The number of aliphatic hydroxyl groups excluding tert-OH is 1. The monoisotopic (exact) mass is 247 g/mol. The van der Waals surface area contributed by atoms with Crippen LogP contribution in [0.15, 0.2) is 24.3 Å². The third-order valence-electron chi connectivity index (χ3n) is 2.33. The number of alkyl halides is 3. The SMILES string of the molecule is CN(C)CC(O)Cc1ccc(C(F)(F)F)cc1. The average molecular weight is 247 g/mol. The second-order valence-electron chi connectivity index (χ2n) is 4.31. The van der Waals surface area contributed by atoms with Gasteiger partial charge in [0.25, 0.3) is 0 Å². The lowest BCUT2D eigenvalue weighted by molar-refractivity contribution is -0.137. The molecule has 1 unspecified atom stereocenters. The largest absolute Gasteiger partial charge is 0.416 e. The molecule has 96 valence electrons. The molecule has 0 aromatic heterocycles. The van der Waals surface area contributed by atoms with Crippen LogP contribution < -0.4 is 0 Å². The van der Waals surface area contributed by atoms with Crippen LogP contribution in [0.4, 0.5) is 13.2 Å². The zero-order valence-electron chi connectivity index (χ0n) is 9.83. The van der Waals surface area contributed by atoms with Crippen molar-refractivity contribution >= 4 is 0 Å². The van der Waals surface area contributed by atoms with E-state index >= 15 is 0 Å². The van der Waals surface area contributed by atoms with Gasteiger partial charge < -0.3 is 10.0 Å². The maximum absolute atomic E-state index is 12.3. The van der Waals surface area contributed by atoms with Gasteiger partial charge in [0.1, 0.15) is 0 Å². The molecule has 0 aliphatic carbocycles. The summed E-state index contributed by atoms with van der Waals surface area (Å²) in [6, 6.07) is 4.89. The van der Waals surface area contributed by atoms with E-state index in [1.54, 1.807) is 0 Å². The first-order chi connectivity index (χ1) is 7.79. The number of halogens is 3. The lowest BCUT2D eigenvalue weighted by Gasteiger charge is -2.16. The number of benzene rings is 1. The minimum atomic E-state index is -4.30. The van der Waals surface area contributed by atoms with E-state index in [0.717, 1.165) is 12.1 Å². The van der Waals surface area contributed by atoms with E-state index in [0.29, 0.717) is 18.5 Å². The Kier molecular flexibility index (Phi) is 4.54. The van der Waals surface area contributed by atoms with E-state index in [-0.39, 0.29) is 0 Å². The maximum atomic E-state index is 12.3. The molecule has 0 radical (unpaired) electrons. The molecule has 1 atom stereocenters. The van der Waals surface area contributed by atoms with Crippen LogP contribution >= 0.6 is 0 Å². The first kappa shape index (κ1) is 14.0. The van der Waals surface area contributed by atoms with Crippen LogP contribution in [0.25, 0.3) is 0 Å². The molecule has 0 aliphatic rings. The summed E-state index contributed by atoms with van der Waals surface area (Å²) in [4.78, 5) is 1.83. The summed E-state index contributed by atoms with van der Waals surface area (Å²) in [7, 11) is 3.66. The molecule has 1 N–H and O–H groups in total. The van der Waals surface area contributed by atoms with Gasteiger partial charge in [-0.15, -0.1) is 0 Å². The molecule has 17 heavy (non-hydrogen) atoms. The van der Waals surface area contributed by atoms with Crippen LogP contribution in [0, 0.1) is 0 Å². The van der Waals surface area contributed by atoms with Gasteiger partial charge in [0.15, 0.2) is 0 Å². The summed E-state index contributed by atoms with van der Waals surface area (Å²) in [6.45, 7) is 0.487. The van der Waals surface area contributed by atoms with Gasteiger partial charge in [-0.1, -0.05) is 12.1 Å². The van der Waals surface area contributed by atoms with Gasteiger partial charge in [-0.3, -0.25) is 0 Å². The maximum Gasteiger partial charge on any atom is 0.416 e. The molecule has 0 spiro atoms. The third-order valence-corrected chi connectivity index (χ3v) is 2.33. The van der Waals surface area contributed by atoms with E-state index in [4.69, 9.17) is 0 Å². The molecule has 0 heterocycles. The summed E-state index contributed by atoms with van der Waals surface area (Å²) < 4.78 is 36.9. The van der Waals surface area contributed by atoms with Crippen LogP contribution in [0.1, 0.15) is 11.1 Å². The zero-order chi connectivity index (χ0) is 13.1. The van der Waals surface area contributed by atoms with E-state index in [9.17, 15) is 18.3 Å². The number of hydrogen-bond donors (Lipinski definition) is 1. The quantitative estimate of drug-likeness (QED) is 0.881. The molecule has 0 amide bonds. The summed E-state index contributed by atoms with van der Waals surface area (Å²) in [6.07, 6.45) is -4.52. The minimum absolute atomic E-state index is 0.357. The Labute approximate surface area is 98.7 Å². The van der Waals surface area contributed by atoms with Crippen LogP contribution in [0.2, 0.25) is 0 Å². The van der Waals surface area contributed by atoms with Gasteiger partial charge in [-0.05, 0) is 38.2 Å². The summed E-state index contributed by atoms with van der Waals surface area (Å²) in [5.41, 5.74) is 0.0377. The lowest BCUT2D eigenvalue weighted by atomic mass is 10.1. The van der Waals surface area contributed by atoms with Crippen molar-refractivity contribution in [2.45, 2.75) is 18.7 Å². The number of nitrogens with zero attached hydrogens (tertiary/aromatic N) is 1. The normalized spacial score (nSPS) is 14.1. The number of aliphatic hydroxyl groups is 1. The van der Waals surface area contributed by atoms with E-state index < -0.39 is 17.8 Å². The first-order valence-electron chi connectivity index (χ1n) is 5.28. The van der Waals surface area contributed by atoms with Crippen LogP contribution in [0.3, 0.4) is 0 Å². The van der Waals surface area contributed by atoms with Crippen molar-refractivity contribution < 1.29 is 18.3 Å².